The first kappa shape index (κ1) is 25.8. The Labute approximate surface area is 217 Å². The fourth-order valence-corrected chi connectivity index (χ4v) is 4.79. The van der Waals surface area contributed by atoms with Crippen molar-refractivity contribution in [2.24, 2.45) is 7.05 Å². The number of rotatable bonds is 6. The maximum absolute atomic E-state index is 13.2. The monoisotopic (exact) mass is 531 g/mol. The predicted octanol–water partition coefficient (Wildman–Crippen LogP) is 3.55. The quantitative estimate of drug-likeness (QED) is 0.479. The van der Waals surface area contributed by atoms with Gasteiger partial charge in [0.25, 0.3) is 0 Å². The summed E-state index contributed by atoms with van der Waals surface area (Å²) in [6.07, 6.45) is -2.08. The van der Waals surface area contributed by atoms with Crippen LogP contribution in [-0.2, 0) is 24.6 Å². The number of likely N-dealkylation sites (N-methyl/N-ethyl adjacent to an activating group) is 1. The summed E-state index contributed by atoms with van der Waals surface area (Å²) in [7, 11) is 3.74. The van der Waals surface area contributed by atoms with Crippen LogP contribution in [-0.4, -0.2) is 76.8 Å². The van der Waals surface area contributed by atoms with Gasteiger partial charge in [-0.25, -0.2) is 14.8 Å². The molecule has 1 aromatic carbocycles. The summed E-state index contributed by atoms with van der Waals surface area (Å²) in [4.78, 5) is 25.7. The van der Waals surface area contributed by atoms with Gasteiger partial charge in [-0.05, 0) is 50.6 Å². The van der Waals surface area contributed by atoms with Gasteiger partial charge >= 0.3 is 12.3 Å². The third-order valence-electron chi connectivity index (χ3n) is 6.65. The molecule has 3 heterocycles. The second-order valence-corrected chi connectivity index (χ2v) is 9.23. The standard InChI is InChI=1S/C25H28F3N7O3/c1-4-37-23(36)21-17-7-5-15-14-29-24(31-20(15)22(17)34(3)32-21)30-18-13-16(35-11-9-33(2)10-12-35)6-8-19(18)38-25(26,27)28/h6,8,13-14H,4-5,7,9-12H2,1-3H3,(H,29,30,31). The molecule has 0 atom stereocenters. The Morgan fingerprint density at radius 2 is 1.89 bits per heavy atom. The van der Waals surface area contributed by atoms with Crippen LogP contribution in [0.25, 0.3) is 11.4 Å². The van der Waals surface area contributed by atoms with Gasteiger partial charge in [0.1, 0.15) is 0 Å². The Hall–Kier alpha value is -3.87. The van der Waals surface area contributed by atoms with Crippen molar-refractivity contribution >= 4 is 23.3 Å². The largest absolute Gasteiger partial charge is 0.573 e. The minimum absolute atomic E-state index is 0.0898. The van der Waals surface area contributed by atoms with Gasteiger partial charge in [0, 0.05) is 50.7 Å². The Kier molecular flexibility index (Phi) is 6.86. The summed E-state index contributed by atoms with van der Waals surface area (Å²) in [6.45, 7) is 5.14. The van der Waals surface area contributed by atoms with Gasteiger partial charge in [-0.15, -0.1) is 13.2 Å². The highest BCUT2D eigenvalue weighted by molar-refractivity contribution is 5.91. The van der Waals surface area contributed by atoms with Crippen molar-refractivity contribution in [2.45, 2.75) is 26.1 Å². The lowest BCUT2D eigenvalue weighted by atomic mass is 9.93. The normalized spacial score (nSPS) is 15.6. The molecule has 1 aliphatic heterocycles. The Balaban J connectivity index is 1.50. The summed E-state index contributed by atoms with van der Waals surface area (Å²) in [5, 5.41) is 7.28. The van der Waals surface area contributed by atoms with Crippen molar-refractivity contribution in [1.29, 1.82) is 0 Å². The molecular formula is C25H28F3N7O3. The van der Waals surface area contributed by atoms with E-state index in [1.807, 2.05) is 7.05 Å². The van der Waals surface area contributed by atoms with Crippen LogP contribution in [0.15, 0.2) is 24.4 Å². The van der Waals surface area contributed by atoms with Crippen molar-refractivity contribution in [3.05, 3.63) is 41.2 Å². The van der Waals surface area contributed by atoms with Gasteiger partial charge < -0.3 is 24.6 Å². The summed E-state index contributed by atoms with van der Waals surface area (Å²) in [5.41, 5.74) is 3.87. The maximum Gasteiger partial charge on any atom is 0.573 e. The number of benzene rings is 1. The third kappa shape index (κ3) is 5.23. The van der Waals surface area contributed by atoms with Gasteiger partial charge in [-0.2, -0.15) is 5.10 Å². The number of carbonyl (C=O) groups excluding carboxylic acids is 1. The number of esters is 1. The van der Waals surface area contributed by atoms with E-state index < -0.39 is 12.3 Å². The van der Waals surface area contributed by atoms with Crippen LogP contribution >= 0.6 is 0 Å². The topological polar surface area (TPSA) is 97.6 Å². The molecule has 2 aliphatic rings. The average Bonchev–Trinajstić information content (AvgIpc) is 3.22. The number of alkyl halides is 3. The van der Waals surface area contributed by atoms with Crippen molar-refractivity contribution in [3.63, 3.8) is 0 Å². The molecule has 38 heavy (non-hydrogen) atoms. The maximum atomic E-state index is 13.2. The molecule has 202 valence electrons. The molecule has 13 heteroatoms. The highest BCUT2D eigenvalue weighted by Gasteiger charge is 2.33. The summed E-state index contributed by atoms with van der Waals surface area (Å²) in [6, 6.07) is 4.53. The minimum Gasteiger partial charge on any atom is -0.461 e. The first-order valence-corrected chi connectivity index (χ1v) is 12.3. The van der Waals surface area contributed by atoms with E-state index >= 15 is 0 Å². The Bertz CT molecular complexity index is 1350. The lowest BCUT2D eigenvalue weighted by Gasteiger charge is -2.34. The smallest absolute Gasteiger partial charge is 0.461 e. The zero-order valence-corrected chi connectivity index (χ0v) is 21.3. The number of aryl methyl sites for hydroxylation is 2. The van der Waals surface area contributed by atoms with Gasteiger partial charge in [-0.3, -0.25) is 4.68 Å². The molecule has 0 unspecified atom stereocenters. The van der Waals surface area contributed by atoms with E-state index in [4.69, 9.17) is 4.74 Å². The molecule has 0 spiro atoms. The number of anilines is 3. The number of halogens is 3. The fourth-order valence-electron chi connectivity index (χ4n) is 4.79. The molecule has 10 nitrogen and oxygen atoms in total. The van der Waals surface area contributed by atoms with Crippen molar-refractivity contribution in [2.75, 3.05) is 50.1 Å². The van der Waals surface area contributed by atoms with Crippen LogP contribution in [0.2, 0.25) is 0 Å². The molecule has 2 aromatic heterocycles. The third-order valence-corrected chi connectivity index (χ3v) is 6.65. The fraction of sp³-hybridized carbons (Fsp3) is 0.440. The number of aromatic nitrogens is 4. The molecule has 0 saturated carbocycles. The van der Waals surface area contributed by atoms with Crippen molar-refractivity contribution in [1.82, 2.24) is 24.6 Å². The minimum atomic E-state index is -4.87. The van der Waals surface area contributed by atoms with E-state index in [0.29, 0.717) is 24.2 Å². The van der Waals surface area contributed by atoms with E-state index in [-0.39, 0.29) is 29.7 Å². The van der Waals surface area contributed by atoms with E-state index in [1.54, 1.807) is 37.0 Å². The lowest BCUT2D eigenvalue weighted by Crippen LogP contribution is -2.44. The molecule has 1 fully saturated rings. The molecule has 5 rings (SSSR count). The Morgan fingerprint density at radius 3 is 2.61 bits per heavy atom. The van der Waals surface area contributed by atoms with E-state index in [0.717, 1.165) is 43.0 Å². The highest BCUT2D eigenvalue weighted by atomic mass is 19.4. The SMILES string of the molecule is CCOC(=O)c1nn(C)c2c1CCc1cnc(Nc3cc(N4CCN(C)CC4)ccc3OC(F)(F)F)nc1-2. The number of nitrogens with zero attached hydrogens (tertiary/aromatic N) is 6. The summed E-state index contributed by atoms with van der Waals surface area (Å²) in [5.74, 6) is -0.796. The molecule has 1 aliphatic carbocycles. The summed E-state index contributed by atoms with van der Waals surface area (Å²) < 4.78 is 50.5. The molecule has 3 aromatic rings. The van der Waals surface area contributed by atoms with Crippen LogP contribution in [0.3, 0.4) is 0 Å². The van der Waals surface area contributed by atoms with Crippen LogP contribution < -0.4 is 15.0 Å². The molecular weight excluding hydrogens is 503 g/mol. The van der Waals surface area contributed by atoms with Crippen LogP contribution in [0.5, 0.6) is 5.75 Å². The number of nitrogens with one attached hydrogen (secondary N) is 1. The lowest BCUT2D eigenvalue weighted by molar-refractivity contribution is -0.274. The van der Waals surface area contributed by atoms with Gasteiger partial charge in [0.15, 0.2) is 11.4 Å². The van der Waals surface area contributed by atoms with E-state index in [9.17, 15) is 18.0 Å². The zero-order chi connectivity index (χ0) is 27.0. The first-order chi connectivity index (χ1) is 18.1. The van der Waals surface area contributed by atoms with Gasteiger partial charge in [-0.1, -0.05) is 0 Å². The van der Waals surface area contributed by atoms with Crippen molar-refractivity contribution in [3.8, 4) is 17.1 Å². The van der Waals surface area contributed by atoms with E-state index in [1.165, 1.54) is 6.07 Å². The van der Waals surface area contributed by atoms with Crippen molar-refractivity contribution < 1.29 is 27.4 Å². The average molecular weight is 532 g/mol. The summed E-state index contributed by atoms with van der Waals surface area (Å²) >= 11 is 0. The number of carbonyl (C=O) groups is 1. The van der Waals surface area contributed by atoms with Gasteiger partial charge in [0.05, 0.1) is 23.7 Å². The van der Waals surface area contributed by atoms with Crippen LogP contribution in [0.4, 0.5) is 30.5 Å². The number of hydrogen-bond donors (Lipinski definition) is 1. The van der Waals surface area contributed by atoms with Crippen LogP contribution in [0, 0.1) is 0 Å². The molecule has 0 bridgehead atoms. The van der Waals surface area contributed by atoms with Crippen LogP contribution in [0.1, 0.15) is 28.5 Å². The molecule has 1 N–H and O–H groups in total. The molecule has 1 saturated heterocycles. The highest BCUT2D eigenvalue weighted by Crippen LogP contribution is 2.37. The second kappa shape index (κ2) is 10.1. The first-order valence-electron chi connectivity index (χ1n) is 12.3. The van der Waals surface area contributed by atoms with E-state index in [2.05, 4.69) is 34.9 Å². The number of fused-ring (bicyclic) bond motifs is 3. The number of ether oxygens (including phenoxy) is 2. The number of hydrogen-bond acceptors (Lipinski definition) is 9. The molecule has 0 radical (unpaired) electrons. The second-order valence-electron chi connectivity index (χ2n) is 9.23. The predicted molar refractivity (Wildman–Crippen MR) is 134 cm³/mol. The zero-order valence-electron chi connectivity index (χ0n) is 21.3. The number of piperazine rings is 1. The molecule has 0 amide bonds. The van der Waals surface area contributed by atoms with Gasteiger partial charge in [0.2, 0.25) is 5.95 Å². The Morgan fingerprint density at radius 1 is 1.13 bits per heavy atom.